The third-order valence-electron chi connectivity index (χ3n) is 5.87. The molecule has 3 aromatic carbocycles. The van der Waals surface area contributed by atoms with Gasteiger partial charge in [0, 0.05) is 6.42 Å². The van der Waals surface area contributed by atoms with Crippen LogP contribution in [-0.4, -0.2) is 24.1 Å². The average Bonchev–Trinajstić information content (AvgIpc) is 2.83. The molecule has 4 heteroatoms. The molecule has 0 unspecified atom stereocenters. The van der Waals surface area contributed by atoms with Crippen LogP contribution in [0.3, 0.4) is 0 Å². The van der Waals surface area contributed by atoms with Crippen LogP contribution < -0.4 is 0 Å². The highest BCUT2D eigenvalue weighted by Crippen LogP contribution is 2.31. The third-order valence-corrected chi connectivity index (χ3v) is 5.87. The van der Waals surface area contributed by atoms with Gasteiger partial charge >= 0.3 is 0 Å². The van der Waals surface area contributed by atoms with Crippen molar-refractivity contribution in [3.8, 4) is 0 Å². The normalized spacial score (nSPS) is 23.2. The molecule has 0 radical (unpaired) electrons. The largest absolute Gasteiger partial charge is 0.370 e. The molecule has 0 bridgehead atoms. The molecule has 0 spiro atoms. The zero-order valence-corrected chi connectivity index (χ0v) is 18.4. The molecule has 1 saturated carbocycles. The highest BCUT2D eigenvalue weighted by Gasteiger charge is 2.45. The minimum Gasteiger partial charge on any atom is -0.370 e. The number of Topliss-reactive ketones (excluding diaryl/α,β-unsaturated/α-hetero) is 1. The lowest BCUT2D eigenvalue weighted by molar-refractivity contribution is -0.189. The number of hydrogen-bond acceptors (Lipinski definition) is 4. The van der Waals surface area contributed by atoms with Gasteiger partial charge < -0.3 is 14.2 Å². The van der Waals surface area contributed by atoms with Crippen molar-refractivity contribution in [3.63, 3.8) is 0 Å². The average molecular weight is 431 g/mol. The van der Waals surface area contributed by atoms with Gasteiger partial charge in [0.15, 0.2) is 5.78 Å². The molecule has 0 N–H and O–H groups in total. The molecule has 0 aliphatic heterocycles. The summed E-state index contributed by atoms with van der Waals surface area (Å²) in [5, 5.41) is 0. The first-order chi connectivity index (χ1) is 15.7. The van der Waals surface area contributed by atoms with E-state index in [1.165, 1.54) is 0 Å². The molecule has 3 aromatic rings. The maximum absolute atomic E-state index is 13.0. The lowest BCUT2D eigenvalue weighted by atomic mass is 9.82. The van der Waals surface area contributed by atoms with Gasteiger partial charge in [0.05, 0.1) is 25.9 Å². The Bertz CT molecular complexity index is 958. The fraction of sp³-hybridized carbons (Fsp3) is 0.321. The van der Waals surface area contributed by atoms with Gasteiger partial charge in [0.2, 0.25) is 0 Å². The van der Waals surface area contributed by atoms with E-state index in [0.717, 1.165) is 16.7 Å². The van der Waals surface area contributed by atoms with Crippen molar-refractivity contribution >= 4 is 5.78 Å². The molecule has 1 aliphatic rings. The summed E-state index contributed by atoms with van der Waals surface area (Å²) in [6.07, 6.45) is -0.948. The van der Waals surface area contributed by atoms with E-state index in [-0.39, 0.29) is 17.8 Å². The summed E-state index contributed by atoms with van der Waals surface area (Å²) in [6, 6.07) is 30.0. The van der Waals surface area contributed by atoms with E-state index in [9.17, 15) is 4.79 Å². The Morgan fingerprint density at radius 3 is 1.50 bits per heavy atom. The number of carbonyl (C=O) groups is 1. The summed E-state index contributed by atoms with van der Waals surface area (Å²) in [6.45, 7) is 3.30. The van der Waals surface area contributed by atoms with Crippen molar-refractivity contribution in [2.45, 2.75) is 51.5 Å². The molecule has 4 rings (SSSR count). The standard InChI is InChI=1S/C28H30O4/c1-21-17-25(29)27(31-19-23-13-7-3-8-14-23)28(32-20-24-15-9-4-10-16-24)26(21)30-18-22-11-5-2-6-12-22/h2-16,21,26-28H,17-20H2,1H3/t21-,26+,27-,28-/m1/s1. The summed E-state index contributed by atoms with van der Waals surface area (Å²) in [7, 11) is 0. The van der Waals surface area contributed by atoms with Gasteiger partial charge in [-0.05, 0) is 22.6 Å². The fourth-order valence-corrected chi connectivity index (χ4v) is 4.15. The highest BCUT2D eigenvalue weighted by molar-refractivity contribution is 5.85. The Morgan fingerprint density at radius 2 is 1.03 bits per heavy atom. The minimum absolute atomic E-state index is 0.0450. The second-order valence-electron chi connectivity index (χ2n) is 8.39. The zero-order chi connectivity index (χ0) is 22.2. The van der Waals surface area contributed by atoms with Crippen LogP contribution >= 0.6 is 0 Å². The molecular weight excluding hydrogens is 400 g/mol. The van der Waals surface area contributed by atoms with E-state index in [1.54, 1.807) is 0 Å². The van der Waals surface area contributed by atoms with E-state index < -0.39 is 12.2 Å². The van der Waals surface area contributed by atoms with E-state index in [0.29, 0.717) is 26.2 Å². The Balaban J connectivity index is 1.51. The van der Waals surface area contributed by atoms with Crippen LogP contribution in [0.1, 0.15) is 30.0 Å². The second kappa shape index (κ2) is 11.2. The topological polar surface area (TPSA) is 44.8 Å². The van der Waals surface area contributed by atoms with E-state index in [4.69, 9.17) is 14.2 Å². The molecule has 4 nitrogen and oxygen atoms in total. The number of carbonyl (C=O) groups excluding carboxylic acids is 1. The van der Waals surface area contributed by atoms with Crippen molar-refractivity contribution in [2.75, 3.05) is 0 Å². The molecule has 4 atom stereocenters. The predicted octanol–water partition coefficient (Wildman–Crippen LogP) is 5.35. The van der Waals surface area contributed by atoms with Crippen molar-refractivity contribution < 1.29 is 19.0 Å². The van der Waals surface area contributed by atoms with Gasteiger partial charge in [0.1, 0.15) is 12.2 Å². The highest BCUT2D eigenvalue weighted by atomic mass is 16.6. The number of ketones is 1. The summed E-state index contributed by atoms with van der Waals surface area (Å²) in [5.41, 5.74) is 3.18. The first kappa shape index (κ1) is 22.4. The zero-order valence-electron chi connectivity index (χ0n) is 18.4. The van der Waals surface area contributed by atoms with E-state index in [2.05, 4.69) is 6.92 Å². The molecule has 32 heavy (non-hydrogen) atoms. The summed E-state index contributed by atoms with van der Waals surface area (Å²) in [4.78, 5) is 13.0. The van der Waals surface area contributed by atoms with Gasteiger partial charge in [-0.2, -0.15) is 0 Å². The first-order valence-corrected chi connectivity index (χ1v) is 11.2. The van der Waals surface area contributed by atoms with Crippen molar-refractivity contribution in [2.24, 2.45) is 5.92 Å². The predicted molar refractivity (Wildman–Crippen MR) is 124 cm³/mol. The quantitative estimate of drug-likeness (QED) is 0.459. The maximum Gasteiger partial charge on any atom is 0.164 e. The van der Waals surface area contributed by atoms with Crippen LogP contribution in [0, 0.1) is 5.92 Å². The Hall–Kier alpha value is -2.79. The number of benzene rings is 3. The van der Waals surface area contributed by atoms with Crippen LogP contribution in [-0.2, 0) is 38.8 Å². The van der Waals surface area contributed by atoms with Crippen molar-refractivity contribution in [1.82, 2.24) is 0 Å². The van der Waals surface area contributed by atoms with Crippen molar-refractivity contribution in [1.29, 1.82) is 0 Å². The molecule has 0 amide bonds. The smallest absolute Gasteiger partial charge is 0.164 e. The van der Waals surface area contributed by atoms with Gasteiger partial charge in [-0.15, -0.1) is 0 Å². The molecule has 0 heterocycles. The van der Waals surface area contributed by atoms with Gasteiger partial charge in [-0.1, -0.05) is 97.9 Å². The monoisotopic (exact) mass is 430 g/mol. The number of hydrogen-bond donors (Lipinski definition) is 0. The van der Waals surface area contributed by atoms with Crippen LogP contribution in [0.5, 0.6) is 0 Å². The third kappa shape index (κ3) is 5.92. The lowest BCUT2D eigenvalue weighted by Gasteiger charge is -2.40. The molecule has 1 aliphatic carbocycles. The number of ether oxygens (including phenoxy) is 3. The molecule has 0 aromatic heterocycles. The summed E-state index contributed by atoms with van der Waals surface area (Å²) in [5.74, 6) is 0.120. The van der Waals surface area contributed by atoms with Crippen molar-refractivity contribution in [3.05, 3.63) is 108 Å². The van der Waals surface area contributed by atoms with Gasteiger partial charge in [-0.3, -0.25) is 4.79 Å². The van der Waals surface area contributed by atoms with Crippen LogP contribution in [0.2, 0.25) is 0 Å². The fourth-order valence-electron chi connectivity index (χ4n) is 4.15. The van der Waals surface area contributed by atoms with Crippen LogP contribution in [0.15, 0.2) is 91.0 Å². The van der Waals surface area contributed by atoms with E-state index >= 15 is 0 Å². The first-order valence-electron chi connectivity index (χ1n) is 11.2. The Labute approximate surface area is 190 Å². The van der Waals surface area contributed by atoms with E-state index in [1.807, 2.05) is 91.0 Å². The molecular formula is C28H30O4. The summed E-state index contributed by atoms with van der Waals surface area (Å²) >= 11 is 0. The van der Waals surface area contributed by atoms with Gasteiger partial charge in [-0.25, -0.2) is 0 Å². The lowest BCUT2D eigenvalue weighted by Crippen LogP contribution is -2.54. The van der Waals surface area contributed by atoms with Crippen LogP contribution in [0.25, 0.3) is 0 Å². The second-order valence-corrected chi connectivity index (χ2v) is 8.39. The SMILES string of the molecule is C[C@@H]1CC(=O)[C@@H](OCc2ccccc2)[C@H](OCc2ccccc2)[C@H]1OCc1ccccc1. The maximum atomic E-state index is 13.0. The minimum atomic E-state index is -0.657. The molecule has 1 fully saturated rings. The molecule has 166 valence electrons. The Kier molecular flexibility index (Phi) is 7.83. The Morgan fingerprint density at radius 1 is 0.625 bits per heavy atom. The summed E-state index contributed by atoms with van der Waals surface area (Å²) < 4.78 is 18.9. The van der Waals surface area contributed by atoms with Gasteiger partial charge in [0.25, 0.3) is 0 Å². The molecule has 0 saturated heterocycles. The number of rotatable bonds is 9. The van der Waals surface area contributed by atoms with Crippen LogP contribution in [0.4, 0.5) is 0 Å².